The molecule has 0 aliphatic carbocycles. The molecule has 45 heavy (non-hydrogen) atoms. The molecule has 0 bridgehead atoms. The van der Waals surface area contributed by atoms with E-state index in [1.807, 2.05) is 0 Å². The number of nitrogens with zero attached hydrogens (tertiary/aromatic N) is 2. The molecule has 0 saturated heterocycles. The van der Waals surface area contributed by atoms with E-state index in [1.165, 1.54) is 49.3 Å². The molecule has 0 saturated carbocycles. The van der Waals surface area contributed by atoms with Gasteiger partial charge in [0.05, 0.1) is 11.4 Å². The number of para-hydroxylation sites is 4. The Morgan fingerprint density at radius 2 is 0.844 bits per heavy atom. The fourth-order valence-corrected chi connectivity index (χ4v) is 6.66. The van der Waals surface area contributed by atoms with E-state index in [1.54, 1.807) is 0 Å². The summed E-state index contributed by atoms with van der Waals surface area (Å²) in [4.78, 5) is 4.80. The molecule has 0 aliphatic rings. The molecule has 0 N–H and O–H groups in total. The van der Waals surface area contributed by atoms with Crippen molar-refractivity contribution in [2.24, 2.45) is 0 Å². The zero-order chi connectivity index (χ0) is 30.2. The van der Waals surface area contributed by atoms with E-state index in [0.29, 0.717) is 0 Å². The number of hydrogen-bond acceptors (Lipinski definition) is 2. The van der Waals surface area contributed by atoms with Gasteiger partial charge in [-0.1, -0.05) is 121 Å². The lowest BCUT2D eigenvalue weighted by atomic mass is 9.94. The van der Waals surface area contributed by atoms with Gasteiger partial charge in [-0.05, 0) is 83.2 Å². The summed E-state index contributed by atoms with van der Waals surface area (Å²) in [5.41, 5.74) is 8.15. The number of rotatable bonds is 6. The largest absolute Gasteiger partial charge is 0.310 e. The van der Waals surface area contributed by atoms with E-state index in [-0.39, 0.29) is 0 Å². The van der Waals surface area contributed by atoms with Gasteiger partial charge in [0, 0.05) is 38.9 Å². The van der Waals surface area contributed by atoms with Crippen LogP contribution < -0.4 is 9.80 Å². The number of fused-ring (bicyclic) bond motifs is 4. The molecule has 2 heteroatoms. The van der Waals surface area contributed by atoms with Crippen molar-refractivity contribution < 1.29 is 0 Å². The van der Waals surface area contributed by atoms with E-state index in [9.17, 15) is 0 Å². The SMILES string of the molecule is Cc1ccccc1N(c1ccccc1)c1cccc2c1ccc1c(N(c3ccccc3)c3ccccc3)c3ccccc3cc12. The molecule has 0 unspecified atom stereocenters. The first kappa shape index (κ1) is 26.7. The number of benzene rings is 8. The van der Waals surface area contributed by atoms with E-state index in [2.05, 4.69) is 193 Å². The lowest BCUT2D eigenvalue weighted by Gasteiger charge is -2.30. The van der Waals surface area contributed by atoms with Crippen LogP contribution in [0.25, 0.3) is 32.3 Å². The van der Waals surface area contributed by atoms with Gasteiger partial charge in [-0.3, -0.25) is 0 Å². The first-order valence-corrected chi connectivity index (χ1v) is 15.5. The first-order chi connectivity index (χ1) is 22.3. The summed E-state index contributed by atoms with van der Waals surface area (Å²) >= 11 is 0. The van der Waals surface area contributed by atoms with Crippen LogP contribution in [-0.4, -0.2) is 0 Å². The fraction of sp³-hybridized carbons (Fsp3) is 0.0233. The second kappa shape index (κ2) is 11.3. The van der Waals surface area contributed by atoms with E-state index in [4.69, 9.17) is 0 Å². The molecule has 0 heterocycles. The summed E-state index contributed by atoms with van der Waals surface area (Å²) in [7, 11) is 0. The van der Waals surface area contributed by atoms with Gasteiger partial charge in [-0.15, -0.1) is 0 Å². The smallest absolute Gasteiger partial charge is 0.0618 e. The lowest BCUT2D eigenvalue weighted by molar-refractivity contribution is 1.26. The maximum Gasteiger partial charge on any atom is 0.0618 e. The molecule has 0 radical (unpaired) electrons. The van der Waals surface area contributed by atoms with Gasteiger partial charge in [-0.2, -0.15) is 0 Å². The number of anilines is 6. The third-order valence-electron chi connectivity index (χ3n) is 8.72. The Balaban J connectivity index is 1.45. The Morgan fingerprint density at radius 3 is 1.51 bits per heavy atom. The molecule has 0 atom stereocenters. The molecule has 8 rings (SSSR count). The Labute approximate surface area is 264 Å². The minimum absolute atomic E-state index is 1.13. The van der Waals surface area contributed by atoms with Crippen molar-refractivity contribution in [2.45, 2.75) is 6.92 Å². The molecule has 0 amide bonds. The van der Waals surface area contributed by atoms with Crippen molar-refractivity contribution in [1.82, 2.24) is 0 Å². The van der Waals surface area contributed by atoms with Gasteiger partial charge in [0.1, 0.15) is 0 Å². The average molecular weight is 577 g/mol. The average Bonchev–Trinajstić information content (AvgIpc) is 3.10. The summed E-state index contributed by atoms with van der Waals surface area (Å²) in [6.07, 6.45) is 0. The highest BCUT2D eigenvalue weighted by molar-refractivity contribution is 6.22. The third-order valence-corrected chi connectivity index (χ3v) is 8.72. The zero-order valence-electron chi connectivity index (χ0n) is 25.1. The molecular weight excluding hydrogens is 544 g/mol. The second-order valence-electron chi connectivity index (χ2n) is 11.4. The number of hydrogen-bond donors (Lipinski definition) is 0. The highest BCUT2D eigenvalue weighted by atomic mass is 15.2. The maximum absolute atomic E-state index is 2.41. The normalized spacial score (nSPS) is 11.2. The molecule has 0 fully saturated rings. The van der Waals surface area contributed by atoms with Gasteiger partial charge in [-0.25, -0.2) is 0 Å². The van der Waals surface area contributed by atoms with Crippen LogP contribution in [0.2, 0.25) is 0 Å². The number of aryl methyl sites for hydroxylation is 1. The Bertz CT molecular complexity index is 2240. The summed E-state index contributed by atoms with van der Waals surface area (Å²) in [6.45, 7) is 2.19. The van der Waals surface area contributed by atoms with Crippen molar-refractivity contribution in [3.63, 3.8) is 0 Å². The zero-order valence-corrected chi connectivity index (χ0v) is 25.1. The highest BCUT2D eigenvalue weighted by Gasteiger charge is 2.21. The van der Waals surface area contributed by atoms with Gasteiger partial charge >= 0.3 is 0 Å². The highest BCUT2D eigenvalue weighted by Crippen LogP contribution is 2.47. The first-order valence-electron chi connectivity index (χ1n) is 15.5. The lowest BCUT2D eigenvalue weighted by Crippen LogP contribution is -2.12. The Kier molecular flexibility index (Phi) is 6.73. The van der Waals surface area contributed by atoms with E-state index < -0.39 is 0 Å². The molecule has 2 nitrogen and oxygen atoms in total. The third kappa shape index (κ3) is 4.68. The van der Waals surface area contributed by atoms with Crippen molar-refractivity contribution in [3.05, 3.63) is 181 Å². The van der Waals surface area contributed by atoms with Crippen LogP contribution in [0.1, 0.15) is 5.56 Å². The Hall–Kier alpha value is -5.86. The molecule has 214 valence electrons. The van der Waals surface area contributed by atoms with Crippen molar-refractivity contribution in [2.75, 3.05) is 9.80 Å². The van der Waals surface area contributed by atoms with E-state index in [0.717, 1.165) is 22.7 Å². The molecule has 0 spiro atoms. The summed E-state index contributed by atoms with van der Waals surface area (Å²) in [5.74, 6) is 0. The maximum atomic E-state index is 2.41. The van der Waals surface area contributed by atoms with E-state index >= 15 is 0 Å². The monoisotopic (exact) mass is 576 g/mol. The van der Waals surface area contributed by atoms with Crippen LogP contribution in [0.5, 0.6) is 0 Å². The van der Waals surface area contributed by atoms with Crippen LogP contribution in [0, 0.1) is 6.92 Å². The van der Waals surface area contributed by atoms with Gasteiger partial charge in [0.25, 0.3) is 0 Å². The molecule has 8 aromatic rings. The topological polar surface area (TPSA) is 6.48 Å². The van der Waals surface area contributed by atoms with Gasteiger partial charge in [0.2, 0.25) is 0 Å². The minimum atomic E-state index is 1.13. The predicted molar refractivity (Wildman–Crippen MR) is 193 cm³/mol. The summed E-state index contributed by atoms with van der Waals surface area (Å²) in [5, 5.41) is 7.33. The predicted octanol–water partition coefficient (Wildman–Crippen LogP) is 12.4. The van der Waals surface area contributed by atoms with Crippen molar-refractivity contribution >= 4 is 66.4 Å². The Morgan fingerprint density at radius 1 is 0.333 bits per heavy atom. The summed E-state index contributed by atoms with van der Waals surface area (Å²) < 4.78 is 0. The van der Waals surface area contributed by atoms with Crippen molar-refractivity contribution in [3.8, 4) is 0 Å². The quantitative estimate of drug-likeness (QED) is 0.143. The summed E-state index contributed by atoms with van der Waals surface area (Å²) in [6, 6.07) is 63.2. The minimum Gasteiger partial charge on any atom is -0.310 e. The van der Waals surface area contributed by atoms with Crippen LogP contribution in [0.4, 0.5) is 34.1 Å². The molecular formula is C43H32N2. The van der Waals surface area contributed by atoms with Crippen LogP contribution in [0.3, 0.4) is 0 Å². The van der Waals surface area contributed by atoms with Crippen molar-refractivity contribution in [1.29, 1.82) is 0 Å². The standard InChI is InChI=1S/C43H32N2/c1-31-16-11-14-26-41(31)45(35-22-9-4-10-23-35)42-27-15-25-37-38(42)28-29-39-40(37)30-32-17-12-13-24-36(32)43(39)44(33-18-5-2-6-19-33)34-20-7-3-8-21-34/h2-30H,1H3. The molecule has 0 aliphatic heterocycles. The van der Waals surface area contributed by atoms with Gasteiger partial charge < -0.3 is 9.80 Å². The molecule has 8 aromatic carbocycles. The van der Waals surface area contributed by atoms with Crippen LogP contribution in [0.15, 0.2) is 176 Å². The van der Waals surface area contributed by atoms with Gasteiger partial charge in [0.15, 0.2) is 0 Å². The second-order valence-corrected chi connectivity index (χ2v) is 11.4. The fourth-order valence-electron chi connectivity index (χ4n) is 6.66. The molecule has 0 aromatic heterocycles. The van der Waals surface area contributed by atoms with Crippen LogP contribution in [-0.2, 0) is 0 Å². The van der Waals surface area contributed by atoms with Crippen LogP contribution >= 0.6 is 0 Å².